The number of rotatable bonds is 6. The highest BCUT2D eigenvalue weighted by molar-refractivity contribution is 5.45. The molecule has 3 N–H and O–H groups in total. The zero-order valence-electron chi connectivity index (χ0n) is 13.5. The SMILES string of the molecule is CC(O)CN1Cc2c(OCc3ccccc3)cccc2C1CN. The van der Waals surface area contributed by atoms with Crippen molar-refractivity contribution in [2.75, 3.05) is 13.1 Å². The normalized spacial score (nSPS) is 18.7. The van der Waals surface area contributed by atoms with Crippen molar-refractivity contribution in [3.05, 3.63) is 65.2 Å². The maximum absolute atomic E-state index is 9.71. The van der Waals surface area contributed by atoms with E-state index in [1.54, 1.807) is 0 Å². The van der Waals surface area contributed by atoms with Crippen LogP contribution < -0.4 is 10.5 Å². The lowest BCUT2D eigenvalue weighted by Crippen LogP contribution is -2.33. The number of β-amino-alcohol motifs (C(OH)–C–C–N with tert-alkyl or cyclic N) is 1. The summed E-state index contributed by atoms with van der Waals surface area (Å²) in [6.45, 7) is 4.30. The summed E-state index contributed by atoms with van der Waals surface area (Å²) in [4.78, 5) is 2.23. The fourth-order valence-corrected chi connectivity index (χ4v) is 3.25. The third-order valence-corrected chi connectivity index (χ3v) is 4.29. The number of aliphatic hydroxyl groups is 1. The topological polar surface area (TPSA) is 58.7 Å². The Hall–Kier alpha value is -1.88. The van der Waals surface area contributed by atoms with Crippen molar-refractivity contribution >= 4 is 0 Å². The summed E-state index contributed by atoms with van der Waals surface area (Å²) in [5, 5.41) is 9.71. The molecule has 23 heavy (non-hydrogen) atoms. The minimum Gasteiger partial charge on any atom is -0.489 e. The van der Waals surface area contributed by atoms with Crippen LogP contribution in [-0.4, -0.2) is 29.2 Å². The van der Waals surface area contributed by atoms with Crippen molar-refractivity contribution in [3.63, 3.8) is 0 Å². The summed E-state index contributed by atoms with van der Waals surface area (Å²) in [5.74, 6) is 0.915. The molecular weight excluding hydrogens is 288 g/mol. The molecule has 0 spiro atoms. The van der Waals surface area contributed by atoms with Crippen LogP contribution in [0.4, 0.5) is 0 Å². The van der Waals surface area contributed by atoms with Crippen LogP contribution in [0.5, 0.6) is 5.75 Å². The van der Waals surface area contributed by atoms with Gasteiger partial charge in [-0.15, -0.1) is 0 Å². The van der Waals surface area contributed by atoms with E-state index in [1.165, 1.54) is 11.1 Å². The molecule has 1 aliphatic heterocycles. The molecule has 122 valence electrons. The monoisotopic (exact) mass is 312 g/mol. The first kappa shape index (κ1) is 16.0. The first-order valence-electron chi connectivity index (χ1n) is 8.09. The van der Waals surface area contributed by atoms with Crippen LogP contribution in [-0.2, 0) is 13.2 Å². The van der Waals surface area contributed by atoms with Crippen molar-refractivity contribution in [1.29, 1.82) is 0 Å². The van der Waals surface area contributed by atoms with Gasteiger partial charge in [0, 0.05) is 31.2 Å². The fraction of sp³-hybridized carbons (Fsp3) is 0.368. The summed E-state index contributed by atoms with van der Waals surface area (Å²) in [6.07, 6.45) is -0.368. The van der Waals surface area contributed by atoms with Gasteiger partial charge in [0.1, 0.15) is 12.4 Å². The van der Waals surface area contributed by atoms with Crippen LogP contribution in [0, 0.1) is 0 Å². The van der Waals surface area contributed by atoms with E-state index in [1.807, 2.05) is 37.3 Å². The number of hydrogen-bond acceptors (Lipinski definition) is 4. The zero-order chi connectivity index (χ0) is 16.2. The van der Waals surface area contributed by atoms with Gasteiger partial charge < -0.3 is 15.6 Å². The number of nitrogens with zero attached hydrogens (tertiary/aromatic N) is 1. The summed E-state index contributed by atoms with van der Waals surface area (Å²) >= 11 is 0. The Morgan fingerprint density at radius 3 is 2.70 bits per heavy atom. The number of ether oxygens (including phenoxy) is 1. The number of fused-ring (bicyclic) bond motifs is 1. The first-order chi connectivity index (χ1) is 11.2. The van der Waals surface area contributed by atoms with Gasteiger partial charge in [-0.05, 0) is 24.1 Å². The van der Waals surface area contributed by atoms with Crippen LogP contribution in [0.3, 0.4) is 0 Å². The Kier molecular flexibility index (Phi) is 4.96. The average molecular weight is 312 g/mol. The third kappa shape index (κ3) is 3.55. The molecule has 1 heterocycles. The molecule has 0 aliphatic carbocycles. The smallest absolute Gasteiger partial charge is 0.124 e. The third-order valence-electron chi connectivity index (χ3n) is 4.29. The Labute approximate surface area is 137 Å². The second-order valence-corrected chi connectivity index (χ2v) is 6.13. The van der Waals surface area contributed by atoms with Gasteiger partial charge in [-0.3, -0.25) is 4.90 Å². The molecule has 2 unspecified atom stereocenters. The van der Waals surface area contributed by atoms with Crippen LogP contribution in [0.25, 0.3) is 0 Å². The van der Waals surface area contributed by atoms with Crippen LogP contribution in [0.15, 0.2) is 48.5 Å². The first-order valence-corrected chi connectivity index (χ1v) is 8.09. The van der Waals surface area contributed by atoms with E-state index in [0.717, 1.165) is 17.9 Å². The molecule has 0 radical (unpaired) electrons. The Morgan fingerprint density at radius 2 is 2.00 bits per heavy atom. The predicted octanol–water partition coefficient (Wildman–Crippen LogP) is 2.46. The molecule has 4 nitrogen and oxygen atoms in total. The van der Waals surface area contributed by atoms with E-state index < -0.39 is 0 Å². The molecule has 0 bridgehead atoms. The van der Waals surface area contributed by atoms with E-state index in [2.05, 4.69) is 23.1 Å². The molecule has 0 aromatic heterocycles. The number of hydrogen-bond donors (Lipinski definition) is 2. The maximum atomic E-state index is 9.71. The summed E-state index contributed by atoms with van der Waals surface area (Å²) in [5.41, 5.74) is 9.53. The number of aliphatic hydroxyl groups excluding tert-OH is 1. The highest BCUT2D eigenvalue weighted by Gasteiger charge is 2.31. The number of nitrogens with two attached hydrogens (primary N) is 1. The molecule has 0 fully saturated rings. The Morgan fingerprint density at radius 1 is 1.22 bits per heavy atom. The van der Waals surface area contributed by atoms with Gasteiger partial charge in [0.05, 0.1) is 6.10 Å². The fourth-order valence-electron chi connectivity index (χ4n) is 3.25. The molecule has 0 saturated carbocycles. The largest absolute Gasteiger partial charge is 0.489 e. The summed E-state index contributed by atoms with van der Waals surface area (Å²) < 4.78 is 6.05. The number of benzene rings is 2. The second kappa shape index (κ2) is 7.13. The minimum absolute atomic E-state index is 0.153. The zero-order valence-corrected chi connectivity index (χ0v) is 13.5. The van der Waals surface area contributed by atoms with Gasteiger partial charge in [0.25, 0.3) is 0 Å². The van der Waals surface area contributed by atoms with Gasteiger partial charge >= 0.3 is 0 Å². The minimum atomic E-state index is -0.368. The lowest BCUT2D eigenvalue weighted by atomic mass is 10.0. The molecule has 2 atom stereocenters. The van der Waals surface area contributed by atoms with Crippen molar-refractivity contribution < 1.29 is 9.84 Å². The Balaban J connectivity index is 1.79. The molecule has 4 heteroatoms. The standard InChI is InChI=1S/C19H24N2O2/c1-14(22)11-21-12-17-16(18(21)10-20)8-5-9-19(17)23-13-15-6-3-2-4-7-15/h2-9,14,18,22H,10-13,20H2,1H3. The molecule has 3 rings (SSSR count). The van der Waals surface area contributed by atoms with E-state index in [0.29, 0.717) is 19.7 Å². The summed E-state index contributed by atoms with van der Waals surface area (Å²) in [6, 6.07) is 16.5. The van der Waals surface area contributed by atoms with Gasteiger partial charge in [0.2, 0.25) is 0 Å². The quantitative estimate of drug-likeness (QED) is 0.860. The van der Waals surface area contributed by atoms with Gasteiger partial charge in [0.15, 0.2) is 0 Å². The molecule has 0 amide bonds. The lowest BCUT2D eigenvalue weighted by Gasteiger charge is -2.24. The van der Waals surface area contributed by atoms with Crippen LogP contribution in [0.1, 0.15) is 29.7 Å². The van der Waals surface area contributed by atoms with E-state index in [9.17, 15) is 5.11 Å². The van der Waals surface area contributed by atoms with Crippen LogP contribution in [0.2, 0.25) is 0 Å². The Bertz CT molecular complexity index is 643. The highest BCUT2D eigenvalue weighted by atomic mass is 16.5. The molecule has 2 aromatic carbocycles. The maximum Gasteiger partial charge on any atom is 0.124 e. The van der Waals surface area contributed by atoms with Crippen molar-refractivity contribution in [3.8, 4) is 5.75 Å². The van der Waals surface area contributed by atoms with Gasteiger partial charge in [-0.2, -0.15) is 0 Å². The van der Waals surface area contributed by atoms with Gasteiger partial charge in [-0.25, -0.2) is 0 Å². The van der Waals surface area contributed by atoms with E-state index >= 15 is 0 Å². The van der Waals surface area contributed by atoms with Crippen LogP contribution >= 0.6 is 0 Å². The molecular formula is C19H24N2O2. The summed E-state index contributed by atoms with van der Waals surface area (Å²) in [7, 11) is 0. The van der Waals surface area contributed by atoms with Gasteiger partial charge in [-0.1, -0.05) is 42.5 Å². The van der Waals surface area contributed by atoms with Crippen molar-refractivity contribution in [1.82, 2.24) is 4.90 Å². The van der Waals surface area contributed by atoms with Crippen molar-refractivity contribution in [2.24, 2.45) is 5.73 Å². The molecule has 1 aliphatic rings. The molecule has 2 aromatic rings. The van der Waals surface area contributed by atoms with E-state index in [-0.39, 0.29) is 12.1 Å². The van der Waals surface area contributed by atoms with Crippen molar-refractivity contribution in [2.45, 2.75) is 32.2 Å². The average Bonchev–Trinajstić information content (AvgIpc) is 2.90. The molecule has 0 saturated heterocycles. The van der Waals surface area contributed by atoms with E-state index in [4.69, 9.17) is 10.5 Å². The predicted molar refractivity (Wildman–Crippen MR) is 91.1 cm³/mol. The highest BCUT2D eigenvalue weighted by Crippen LogP contribution is 2.38. The lowest BCUT2D eigenvalue weighted by molar-refractivity contribution is 0.105. The second-order valence-electron chi connectivity index (χ2n) is 6.13.